The molecule has 0 fully saturated rings. The second-order valence-corrected chi connectivity index (χ2v) is 6.47. The van der Waals surface area contributed by atoms with Gasteiger partial charge in [0.25, 0.3) is 5.91 Å². The van der Waals surface area contributed by atoms with Crippen LogP contribution >= 0.6 is 0 Å². The van der Waals surface area contributed by atoms with Gasteiger partial charge in [-0.05, 0) is 17.7 Å². The van der Waals surface area contributed by atoms with Crippen molar-refractivity contribution in [1.82, 2.24) is 0 Å². The first-order valence-electron chi connectivity index (χ1n) is 8.90. The van der Waals surface area contributed by atoms with Crippen molar-refractivity contribution in [2.24, 2.45) is 0 Å². The Hall–Kier alpha value is -4.30. The van der Waals surface area contributed by atoms with Crippen molar-refractivity contribution in [2.75, 3.05) is 5.32 Å². The fraction of sp³-hybridized carbons (Fsp3) is 0. The summed E-state index contributed by atoms with van der Waals surface area (Å²) in [6.45, 7) is 0. The molecule has 1 aliphatic carbocycles. The molecule has 1 amide bonds. The predicted molar refractivity (Wildman–Crippen MR) is 108 cm³/mol. The van der Waals surface area contributed by atoms with Crippen LogP contribution in [0.2, 0.25) is 0 Å². The number of ketones is 2. The number of carbonyl (C=O) groups is 3. The summed E-state index contributed by atoms with van der Waals surface area (Å²) >= 11 is 0. The normalized spacial score (nSPS) is 12.6. The molecule has 0 bridgehead atoms. The van der Waals surface area contributed by atoms with Gasteiger partial charge in [-0.1, -0.05) is 66.7 Å². The molecule has 3 aromatic carbocycles. The smallest absolute Gasteiger partial charge is 0.266 e. The summed E-state index contributed by atoms with van der Waals surface area (Å²) in [5.74, 6) is -1.26. The first-order chi connectivity index (χ1) is 14.1. The van der Waals surface area contributed by atoms with E-state index in [4.69, 9.17) is 0 Å². The summed E-state index contributed by atoms with van der Waals surface area (Å²) in [4.78, 5) is 38.5. The molecule has 3 aromatic rings. The number of fused-ring (bicyclic) bond motifs is 2. The topological polar surface area (TPSA) is 87.0 Å². The van der Waals surface area contributed by atoms with Crippen LogP contribution in [0.4, 0.5) is 5.69 Å². The molecule has 4 rings (SSSR count). The molecule has 29 heavy (non-hydrogen) atoms. The lowest BCUT2D eigenvalue weighted by Crippen LogP contribution is -2.24. The number of hydrogen-bond acceptors (Lipinski definition) is 4. The third kappa shape index (κ3) is 3.24. The molecule has 0 aliphatic heterocycles. The van der Waals surface area contributed by atoms with Gasteiger partial charge in [-0.25, -0.2) is 0 Å². The number of nitrogens with zero attached hydrogens (tertiary/aromatic N) is 1. The van der Waals surface area contributed by atoms with Crippen LogP contribution in [0.5, 0.6) is 0 Å². The second kappa shape index (κ2) is 7.37. The SMILES string of the molecule is N#C/C(=C/c1ccccc1)C(=O)Nc1cccc2c1C(=O)c1ccccc1C2=O. The lowest BCUT2D eigenvalue weighted by Gasteiger charge is -2.20. The van der Waals surface area contributed by atoms with E-state index in [9.17, 15) is 19.6 Å². The van der Waals surface area contributed by atoms with Crippen molar-refractivity contribution in [2.45, 2.75) is 0 Å². The molecule has 0 saturated heterocycles. The van der Waals surface area contributed by atoms with Gasteiger partial charge in [-0.2, -0.15) is 5.26 Å². The van der Waals surface area contributed by atoms with E-state index in [1.165, 1.54) is 6.08 Å². The van der Waals surface area contributed by atoms with Crippen LogP contribution in [0.25, 0.3) is 6.08 Å². The van der Waals surface area contributed by atoms with Crippen molar-refractivity contribution in [1.29, 1.82) is 5.26 Å². The van der Waals surface area contributed by atoms with Crippen LogP contribution in [-0.2, 0) is 4.79 Å². The zero-order chi connectivity index (χ0) is 20.4. The van der Waals surface area contributed by atoms with Gasteiger partial charge in [-0.15, -0.1) is 0 Å². The van der Waals surface area contributed by atoms with Crippen LogP contribution < -0.4 is 5.32 Å². The molecule has 5 heteroatoms. The maximum absolute atomic E-state index is 13.0. The predicted octanol–water partition coefficient (Wildman–Crippen LogP) is 4.01. The van der Waals surface area contributed by atoms with Crippen molar-refractivity contribution in [3.05, 3.63) is 106 Å². The highest BCUT2D eigenvalue weighted by atomic mass is 16.2. The Morgan fingerprint density at radius 1 is 0.793 bits per heavy atom. The third-order valence-electron chi connectivity index (χ3n) is 4.68. The lowest BCUT2D eigenvalue weighted by molar-refractivity contribution is -0.112. The van der Waals surface area contributed by atoms with Crippen molar-refractivity contribution < 1.29 is 14.4 Å². The van der Waals surface area contributed by atoms with Crippen molar-refractivity contribution >= 4 is 29.2 Å². The van der Waals surface area contributed by atoms with E-state index < -0.39 is 5.91 Å². The lowest BCUT2D eigenvalue weighted by atomic mass is 9.83. The van der Waals surface area contributed by atoms with Gasteiger partial charge in [0.1, 0.15) is 11.6 Å². The first kappa shape index (κ1) is 18.1. The Morgan fingerprint density at radius 2 is 1.41 bits per heavy atom. The molecule has 0 aromatic heterocycles. The van der Waals surface area contributed by atoms with Gasteiger partial charge in [0, 0.05) is 16.7 Å². The molecule has 5 nitrogen and oxygen atoms in total. The maximum Gasteiger partial charge on any atom is 0.266 e. The standard InChI is InChI=1S/C24H14N2O3/c25-14-16(13-15-7-2-1-3-8-15)24(29)26-20-12-6-11-19-21(20)23(28)18-10-5-4-9-17(18)22(19)27/h1-13H,(H,26,29)/b16-13-. The Bertz CT molecular complexity index is 1230. The molecule has 0 unspecified atom stereocenters. The average molecular weight is 378 g/mol. The van der Waals surface area contributed by atoms with Crippen LogP contribution in [0.3, 0.4) is 0 Å². The van der Waals surface area contributed by atoms with Gasteiger partial charge in [-0.3, -0.25) is 14.4 Å². The van der Waals surface area contributed by atoms with E-state index in [1.54, 1.807) is 66.7 Å². The van der Waals surface area contributed by atoms with Gasteiger partial charge in [0.15, 0.2) is 11.6 Å². The second-order valence-electron chi connectivity index (χ2n) is 6.47. The Labute approximate surface area is 166 Å². The van der Waals surface area contributed by atoms with Crippen LogP contribution in [0, 0.1) is 11.3 Å². The number of hydrogen-bond donors (Lipinski definition) is 1. The number of benzene rings is 3. The monoisotopic (exact) mass is 378 g/mol. The number of nitrogens with one attached hydrogen (secondary N) is 1. The number of amides is 1. The van der Waals surface area contributed by atoms with Gasteiger partial charge < -0.3 is 5.32 Å². The number of anilines is 1. The quantitative estimate of drug-likeness (QED) is 0.431. The Morgan fingerprint density at radius 3 is 2.10 bits per heavy atom. The zero-order valence-corrected chi connectivity index (χ0v) is 15.2. The van der Waals surface area contributed by atoms with Gasteiger partial charge >= 0.3 is 0 Å². The highest BCUT2D eigenvalue weighted by molar-refractivity contribution is 6.30. The maximum atomic E-state index is 13.0. The van der Waals surface area contributed by atoms with Gasteiger partial charge in [0.2, 0.25) is 0 Å². The Kier molecular flexibility index (Phi) is 4.60. The molecule has 138 valence electrons. The summed E-state index contributed by atoms with van der Waals surface area (Å²) in [6.07, 6.45) is 1.47. The van der Waals surface area contributed by atoms with E-state index in [1.807, 2.05) is 12.1 Å². The van der Waals surface area contributed by atoms with Crippen molar-refractivity contribution in [3.63, 3.8) is 0 Å². The number of nitriles is 1. The minimum absolute atomic E-state index is 0.108. The average Bonchev–Trinajstić information content (AvgIpc) is 2.76. The minimum atomic E-state index is -0.649. The third-order valence-corrected chi connectivity index (χ3v) is 4.68. The molecule has 1 N–H and O–H groups in total. The molecule has 0 spiro atoms. The summed E-state index contributed by atoms with van der Waals surface area (Å²) in [6, 6.07) is 22.2. The molecule has 0 saturated carbocycles. The summed E-state index contributed by atoms with van der Waals surface area (Å²) in [5.41, 5.74) is 1.81. The molecule has 1 aliphatic rings. The fourth-order valence-corrected chi connectivity index (χ4v) is 3.30. The first-order valence-corrected chi connectivity index (χ1v) is 8.90. The molecule has 0 radical (unpaired) electrons. The van der Waals surface area contributed by atoms with E-state index in [2.05, 4.69) is 5.32 Å². The molecule has 0 heterocycles. The van der Waals surface area contributed by atoms with E-state index in [0.29, 0.717) is 16.7 Å². The molecule has 0 atom stereocenters. The highest BCUT2D eigenvalue weighted by Gasteiger charge is 2.31. The largest absolute Gasteiger partial charge is 0.321 e. The summed E-state index contributed by atoms with van der Waals surface area (Å²) in [7, 11) is 0. The number of carbonyl (C=O) groups excluding carboxylic acids is 3. The van der Waals surface area contributed by atoms with Crippen molar-refractivity contribution in [3.8, 4) is 6.07 Å². The number of rotatable bonds is 3. The summed E-state index contributed by atoms with van der Waals surface area (Å²) in [5, 5.41) is 12.0. The summed E-state index contributed by atoms with van der Waals surface area (Å²) < 4.78 is 0. The van der Waals surface area contributed by atoms with E-state index >= 15 is 0 Å². The van der Waals surface area contributed by atoms with E-state index in [-0.39, 0.29) is 34.0 Å². The molecular weight excluding hydrogens is 364 g/mol. The fourth-order valence-electron chi connectivity index (χ4n) is 3.30. The molecular formula is C24H14N2O3. The van der Waals surface area contributed by atoms with Crippen LogP contribution in [-0.4, -0.2) is 17.5 Å². The minimum Gasteiger partial charge on any atom is -0.321 e. The van der Waals surface area contributed by atoms with Crippen LogP contribution in [0.1, 0.15) is 37.4 Å². The van der Waals surface area contributed by atoms with Crippen LogP contribution in [0.15, 0.2) is 78.4 Å². The van der Waals surface area contributed by atoms with E-state index in [0.717, 1.165) is 0 Å². The highest BCUT2D eigenvalue weighted by Crippen LogP contribution is 2.32. The van der Waals surface area contributed by atoms with Gasteiger partial charge in [0.05, 0.1) is 11.3 Å². The Balaban J connectivity index is 1.72. The zero-order valence-electron chi connectivity index (χ0n) is 15.2.